The fraction of sp³-hybridized carbons (Fsp3) is 0.571. The molecular weight excluding hydrogens is 292 g/mol. The molecule has 0 heterocycles. The van der Waals surface area contributed by atoms with E-state index in [-0.39, 0.29) is 5.75 Å². The first-order valence-electron chi connectivity index (χ1n) is 6.97. The lowest BCUT2D eigenvalue weighted by molar-refractivity contribution is 0.591. The smallest absolute Gasteiger partial charge is 0.232 e. The van der Waals surface area contributed by atoms with Crippen molar-refractivity contribution in [2.24, 2.45) is 0 Å². The first-order chi connectivity index (χ1) is 9.61. The van der Waals surface area contributed by atoms with Crippen molar-refractivity contribution in [1.29, 1.82) is 0 Å². The Hall–Kier alpha value is -0.720. The van der Waals surface area contributed by atoms with Gasteiger partial charge >= 0.3 is 0 Å². The van der Waals surface area contributed by atoms with Gasteiger partial charge in [-0.25, -0.2) is 8.42 Å². The molecule has 1 fully saturated rings. The van der Waals surface area contributed by atoms with E-state index in [1.165, 1.54) is 12.8 Å². The van der Waals surface area contributed by atoms with Crippen molar-refractivity contribution in [3.8, 4) is 0 Å². The topological polar surface area (TPSA) is 58.2 Å². The second-order valence-corrected chi connectivity index (χ2v) is 7.75. The number of unbranched alkanes of at least 4 members (excludes halogenated alkanes) is 1. The van der Waals surface area contributed by atoms with Gasteiger partial charge in [0.1, 0.15) is 0 Å². The van der Waals surface area contributed by atoms with Gasteiger partial charge in [-0.2, -0.15) is 0 Å². The Morgan fingerprint density at radius 1 is 1.25 bits per heavy atom. The molecule has 1 saturated carbocycles. The molecule has 1 aliphatic rings. The van der Waals surface area contributed by atoms with Crippen LogP contribution >= 0.6 is 11.8 Å². The first-order valence-corrected chi connectivity index (χ1v) is 9.85. The van der Waals surface area contributed by atoms with E-state index in [4.69, 9.17) is 0 Å². The van der Waals surface area contributed by atoms with Gasteiger partial charge in [-0.1, -0.05) is 12.1 Å². The molecule has 0 aliphatic heterocycles. The number of hydrogen-bond donors (Lipinski definition) is 2. The summed E-state index contributed by atoms with van der Waals surface area (Å²) in [5.41, 5.74) is 0.677. The van der Waals surface area contributed by atoms with Crippen LogP contribution in [0.15, 0.2) is 29.2 Å². The van der Waals surface area contributed by atoms with E-state index < -0.39 is 10.0 Å². The number of hydrogen-bond acceptors (Lipinski definition) is 4. The Bertz CT molecular complexity index is 528. The van der Waals surface area contributed by atoms with Crippen molar-refractivity contribution in [1.82, 2.24) is 5.32 Å². The summed E-state index contributed by atoms with van der Waals surface area (Å²) in [5, 5.41) is 3.39. The van der Waals surface area contributed by atoms with Gasteiger partial charge in [-0.15, -0.1) is 11.8 Å². The zero-order valence-electron chi connectivity index (χ0n) is 11.8. The summed E-state index contributed by atoms with van der Waals surface area (Å²) in [4.78, 5) is 0.950. The Labute approximate surface area is 125 Å². The molecule has 0 bridgehead atoms. The SMILES string of the molecule is CSc1ccccc1NS(=O)(=O)CCCCNC1CC1. The lowest BCUT2D eigenvalue weighted by Crippen LogP contribution is -2.20. The van der Waals surface area contributed by atoms with Gasteiger partial charge in [0.25, 0.3) is 0 Å². The first kappa shape index (κ1) is 15.7. The summed E-state index contributed by atoms with van der Waals surface area (Å²) in [5.74, 6) is 0.183. The van der Waals surface area contributed by atoms with Crippen molar-refractivity contribution in [3.63, 3.8) is 0 Å². The van der Waals surface area contributed by atoms with E-state index in [1.54, 1.807) is 17.8 Å². The summed E-state index contributed by atoms with van der Waals surface area (Å²) >= 11 is 1.54. The van der Waals surface area contributed by atoms with E-state index in [0.29, 0.717) is 18.2 Å². The normalized spacial score (nSPS) is 15.2. The van der Waals surface area contributed by atoms with Crippen molar-refractivity contribution < 1.29 is 8.42 Å². The molecule has 0 spiro atoms. The highest BCUT2D eigenvalue weighted by Crippen LogP contribution is 2.25. The van der Waals surface area contributed by atoms with Crippen molar-refractivity contribution >= 4 is 27.5 Å². The molecule has 1 aromatic rings. The Morgan fingerprint density at radius 3 is 2.70 bits per heavy atom. The van der Waals surface area contributed by atoms with E-state index in [0.717, 1.165) is 17.9 Å². The van der Waals surface area contributed by atoms with Gasteiger partial charge in [0.15, 0.2) is 0 Å². The summed E-state index contributed by atoms with van der Waals surface area (Å²) in [7, 11) is -3.24. The van der Waals surface area contributed by atoms with Crippen LogP contribution in [0.1, 0.15) is 25.7 Å². The Balaban J connectivity index is 1.77. The van der Waals surface area contributed by atoms with Crippen LogP contribution in [0.4, 0.5) is 5.69 Å². The summed E-state index contributed by atoms with van der Waals surface area (Å²) < 4.78 is 26.8. The van der Waals surface area contributed by atoms with Gasteiger partial charge < -0.3 is 5.32 Å². The van der Waals surface area contributed by atoms with Gasteiger partial charge in [0.05, 0.1) is 11.4 Å². The molecule has 1 aliphatic carbocycles. The van der Waals surface area contributed by atoms with Crippen LogP contribution in [0.2, 0.25) is 0 Å². The third-order valence-electron chi connectivity index (χ3n) is 3.22. The molecule has 1 aromatic carbocycles. The average Bonchev–Trinajstić information content (AvgIpc) is 3.22. The highest BCUT2D eigenvalue weighted by atomic mass is 32.2. The minimum Gasteiger partial charge on any atom is -0.314 e. The van der Waals surface area contributed by atoms with E-state index >= 15 is 0 Å². The summed E-state index contributed by atoms with van der Waals surface area (Å²) in [6.07, 6.45) is 6.07. The van der Waals surface area contributed by atoms with Gasteiger partial charge in [0, 0.05) is 10.9 Å². The molecule has 0 atom stereocenters. The van der Waals surface area contributed by atoms with Crippen LogP contribution in [0, 0.1) is 0 Å². The third kappa shape index (κ3) is 5.34. The van der Waals surface area contributed by atoms with E-state index in [2.05, 4.69) is 10.0 Å². The zero-order valence-corrected chi connectivity index (χ0v) is 13.4. The fourth-order valence-electron chi connectivity index (χ4n) is 1.96. The molecule has 20 heavy (non-hydrogen) atoms. The molecule has 0 unspecified atom stereocenters. The number of anilines is 1. The lowest BCUT2D eigenvalue weighted by atomic mass is 10.3. The standard InChI is InChI=1S/C14H22N2O2S2/c1-19-14-7-3-2-6-13(14)16-20(17,18)11-5-4-10-15-12-8-9-12/h2-3,6-7,12,15-16H,4-5,8-11H2,1H3. The minimum absolute atomic E-state index is 0.183. The van der Waals surface area contributed by atoms with Crippen LogP contribution < -0.4 is 10.0 Å². The van der Waals surface area contributed by atoms with Crippen LogP contribution in [-0.4, -0.2) is 33.0 Å². The van der Waals surface area contributed by atoms with E-state index in [1.807, 2.05) is 24.5 Å². The molecule has 0 saturated heterocycles. The number of nitrogens with one attached hydrogen (secondary N) is 2. The van der Waals surface area contributed by atoms with Crippen LogP contribution in [0.25, 0.3) is 0 Å². The summed E-state index contributed by atoms with van der Waals surface area (Å²) in [6, 6.07) is 8.17. The monoisotopic (exact) mass is 314 g/mol. The minimum atomic E-state index is -3.24. The van der Waals surface area contributed by atoms with Gasteiger partial charge in [-0.3, -0.25) is 4.72 Å². The largest absolute Gasteiger partial charge is 0.314 e. The molecule has 0 radical (unpaired) electrons. The number of benzene rings is 1. The second-order valence-electron chi connectivity index (χ2n) is 5.06. The van der Waals surface area contributed by atoms with Crippen molar-refractivity contribution in [2.75, 3.05) is 23.3 Å². The quantitative estimate of drug-likeness (QED) is 0.543. The number of thioether (sulfide) groups is 1. The van der Waals surface area contributed by atoms with Gasteiger partial charge in [-0.05, 0) is 50.6 Å². The van der Waals surface area contributed by atoms with Crippen LogP contribution in [0.3, 0.4) is 0 Å². The van der Waals surface area contributed by atoms with Crippen LogP contribution in [-0.2, 0) is 10.0 Å². The van der Waals surface area contributed by atoms with Crippen molar-refractivity contribution in [2.45, 2.75) is 36.6 Å². The highest BCUT2D eigenvalue weighted by Gasteiger charge is 2.19. The lowest BCUT2D eigenvalue weighted by Gasteiger charge is -2.11. The predicted octanol–water partition coefficient (Wildman–Crippen LogP) is 2.68. The third-order valence-corrected chi connectivity index (χ3v) is 5.38. The number of sulfonamides is 1. The fourth-order valence-corrected chi connectivity index (χ4v) is 3.78. The molecule has 112 valence electrons. The number of para-hydroxylation sites is 1. The molecule has 0 amide bonds. The van der Waals surface area contributed by atoms with Crippen molar-refractivity contribution in [3.05, 3.63) is 24.3 Å². The Kier molecular flexibility index (Phi) is 5.74. The second kappa shape index (κ2) is 7.33. The zero-order chi connectivity index (χ0) is 14.4. The summed E-state index contributed by atoms with van der Waals surface area (Å²) in [6.45, 7) is 0.918. The molecule has 6 heteroatoms. The maximum Gasteiger partial charge on any atom is 0.232 e. The number of rotatable bonds is 9. The predicted molar refractivity (Wildman–Crippen MR) is 85.9 cm³/mol. The molecule has 2 rings (SSSR count). The van der Waals surface area contributed by atoms with Crippen LogP contribution in [0.5, 0.6) is 0 Å². The van der Waals surface area contributed by atoms with Gasteiger partial charge in [0.2, 0.25) is 10.0 Å². The maximum atomic E-state index is 12.0. The highest BCUT2D eigenvalue weighted by molar-refractivity contribution is 7.99. The molecule has 0 aromatic heterocycles. The molecular formula is C14H22N2O2S2. The molecule has 2 N–H and O–H groups in total. The average molecular weight is 314 g/mol. The maximum absolute atomic E-state index is 12.0. The molecule has 4 nitrogen and oxygen atoms in total. The van der Waals surface area contributed by atoms with E-state index in [9.17, 15) is 8.42 Å². The Morgan fingerprint density at radius 2 is 2.00 bits per heavy atom.